The summed E-state index contributed by atoms with van der Waals surface area (Å²) >= 11 is 0. The predicted octanol–water partition coefficient (Wildman–Crippen LogP) is 0.615. The van der Waals surface area contributed by atoms with E-state index >= 15 is 0 Å². The van der Waals surface area contributed by atoms with Gasteiger partial charge in [0.2, 0.25) is 0 Å². The molecule has 0 atom stereocenters. The van der Waals surface area contributed by atoms with Crippen LogP contribution in [0.25, 0.3) is 0 Å². The van der Waals surface area contributed by atoms with Crippen LogP contribution < -0.4 is 11.5 Å². The number of nitrogens with zero attached hydrogens (tertiary/aromatic N) is 1. The summed E-state index contributed by atoms with van der Waals surface area (Å²) in [7, 11) is 0. The maximum Gasteiger partial charge on any atom is 0.0653 e. The van der Waals surface area contributed by atoms with Crippen molar-refractivity contribution in [1.82, 2.24) is 0 Å². The Kier molecular flexibility index (Phi) is 2.93. The molecule has 0 heterocycles. The van der Waals surface area contributed by atoms with E-state index in [1.165, 1.54) is 6.20 Å². The number of aliphatic imine (C=N–C) groups is 1. The fourth-order valence-electron chi connectivity index (χ4n) is 0.311. The normalized spacial score (nSPS) is 14.5. The summed E-state index contributed by atoms with van der Waals surface area (Å²) in [6.45, 7) is 5.98. The first-order valence-corrected chi connectivity index (χ1v) is 3.18. The molecule has 3 heteroatoms. The van der Waals surface area contributed by atoms with Gasteiger partial charge in [0.25, 0.3) is 0 Å². The molecule has 0 aliphatic heterocycles. The molecule has 0 radical (unpaired) electrons. The van der Waals surface area contributed by atoms with Crippen molar-refractivity contribution in [2.45, 2.75) is 26.3 Å². The average molecular weight is 141 g/mol. The van der Waals surface area contributed by atoms with Crippen LogP contribution >= 0.6 is 0 Å². The first-order chi connectivity index (χ1) is 4.45. The van der Waals surface area contributed by atoms with Crippen molar-refractivity contribution in [3.05, 3.63) is 11.9 Å². The molecule has 0 aromatic heterocycles. The molecule has 0 spiro atoms. The molecule has 3 nitrogen and oxygen atoms in total. The fourth-order valence-corrected chi connectivity index (χ4v) is 0.311. The molecule has 58 valence electrons. The minimum absolute atomic E-state index is 0.0758. The molecule has 0 aromatic carbocycles. The molecule has 0 saturated heterocycles. The molecule has 0 amide bonds. The second kappa shape index (κ2) is 3.25. The van der Waals surface area contributed by atoms with Crippen LogP contribution in [0.15, 0.2) is 16.9 Å². The Bertz CT molecular complexity index is 151. The number of allylic oxidation sites excluding steroid dienone is 1. The second-order valence-corrected chi connectivity index (χ2v) is 3.10. The SMILES string of the molecule is CC(C)(C)N=C/C(N)=C\N. The summed E-state index contributed by atoms with van der Waals surface area (Å²) in [5.74, 6) is 0. The van der Waals surface area contributed by atoms with Crippen molar-refractivity contribution < 1.29 is 0 Å². The Labute approximate surface area is 61.8 Å². The van der Waals surface area contributed by atoms with Gasteiger partial charge < -0.3 is 11.5 Å². The van der Waals surface area contributed by atoms with Gasteiger partial charge in [0.1, 0.15) is 0 Å². The highest BCUT2D eigenvalue weighted by atomic mass is 14.8. The number of hydrogen-bond acceptors (Lipinski definition) is 3. The molecule has 0 aliphatic carbocycles. The standard InChI is InChI=1S/C7H15N3/c1-7(2,3)10-5-6(9)4-8/h4-5H,8-9H2,1-3H3/b6-4+,10-5?. The minimum Gasteiger partial charge on any atom is -0.403 e. The van der Waals surface area contributed by atoms with Crippen LogP contribution in [0.3, 0.4) is 0 Å². The van der Waals surface area contributed by atoms with Crippen molar-refractivity contribution in [2.75, 3.05) is 0 Å². The van der Waals surface area contributed by atoms with Crippen LogP contribution in [0.1, 0.15) is 20.8 Å². The molecule has 10 heavy (non-hydrogen) atoms. The van der Waals surface area contributed by atoms with Gasteiger partial charge in [-0.05, 0) is 20.8 Å². The lowest BCUT2D eigenvalue weighted by molar-refractivity contribution is 0.586. The van der Waals surface area contributed by atoms with E-state index in [9.17, 15) is 0 Å². The van der Waals surface area contributed by atoms with Gasteiger partial charge in [-0.3, -0.25) is 4.99 Å². The summed E-state index contributed by atoms with van der Waals surface area (Å²) in [5, 5.41) is 0. The zero-order chi connectivity index (χ0) is 8.20. The Balaban J connectivity index is 4.01. The van der Waals surface area contributed by atoms with E-state index in [0.29, 0.717) is 5.70 Å². The lowest BCUT2D eigenvalue weighted by Gasteiger charge is -2.10. The summed E-state index contributed by atoms with van der Waals surface area (Å²) in [4.78, 5) is 4.13. The van der Waals surface area contributed by atoms with Gasteiger partial charge in [-0.1, -0.05) is 0 Å². The molecule has 0 aromatic rings. The van der Waals surface area contributed by atoms with Crippen molar-refractivity contribution in [1.29, 1.82) is 0 Å². The third-order valence-electron chi connectivity index (χ3n) is 0.793. The van der Waals surface area contributed by atoms with Crippen LogP contribution in [-0.2, 0) is 0 Å². The topological polar surface area (TPSA) is 64.4 Å². The Morgan fingerprint density at radius 1 is 1.40 bits per heavy atom. The largest absolute Gasteiger partial charge is 0.403 e. The van der Waals surface area contributed by atoms with Crippen molar-refractivity contribution in [3.63, 3.8) is 0 Å². The minimum atomic E-state index is -0.0758. The Hall–Kier alpha value is -0.990. The third kappa shape index (κ3) is 5.15. The van der Waals surface area contributed by atoms with E-state index in [4.69, 9.17) is 11.5 Å². The highest BCUT2D eigenvalue weighted by molar-refractivity contribution is 5.77. The molecule has 0 fully saturated rings. The van der Waals surface area contributed by atoms with Gasteiger partial charge in [0, 0.05) is 12.4 Å². The van der Waals surface area contributed by atoms with Gasteiger partial charge >= 0.3 is 0 Å². The van der Waals surface area contributed by atoms with E-state index in [-0.39, 0.29) is 5.54 Å². The number of nitrogens with two attached hydrogens (primary N) is 2. The van der Waals surface area contributed by atoms with E-state index < -0.39 is 0 Å². The number of hydrogen-bond donors (Lipinski definition) is 2. The zero-order valence-electron chi connectivity index (χ0n) is 6.76. The molecule has 0 bridgehead atoms. The Morgan fingerprint density at radius 2 is 1.90 bits per heavy atom. The highest BCUT2D eigenvalue weighted by Gasteiger charge is 2.03. The lowest BCUT2D eigenvalue weighted by atomic mass is 10.1. The first kappa shape index (κ1) is 9.01. The van der Waals surface area contributed by atoms with Crippen LogP contribution in [0, 0.1) is 0 Å². The average Bonchev–Trinajstić information content (AvgIpc) is 1.81. The summed E-state index contributed by atoms with van der Waals surface area (Å²) < 4.78 is 0. The molecule has 0 unspecified atom stereocenters. The van der Waals surface area contributed by atoms with Crippen LogP contribution in [0.2, 0.25) is 0 Å². The van der Waals surface area contributed by atoms with Crippen LogP contribution in [-0.4, -0.2) is 11.8 Å². The summed E-state index contributed by atoms with van der Waals surface area (Å²) in [5.41, 5.74) is 10.9. The smallest absolute Gasteiger partial charge is 0.0653 e. The van der Waals surface area contributed by atoms with Crippen molar-refractivity contribution >= 4 is 6.21 Å². The van der Waals surface area contributed by atoms with Gasteiger partial charge in [0.05, 0.1) is 11.2 Å². The summed E-state index contributed by atoms with van der Waals surface area (Å²) in [6.07, 6.45) is 2.90. The quantitative estimate of drug-likeness (QED) is 0.525. The first-order valence-electron chi connectivity index (χ1n) is 3.18. The maximum atomic E-state index is 5.37. The number of rotatable bonds is 1. The van der Waals surface area contributed by atoms with Crippen molar-refractivity contribution in [2.24, 2.45) is 16.5 Å². The van der Waals surface area contributed by atoms with E-state index in [1.54, 1.807) is 6.21 Å². The van der Waals surface area contributed by atoms with Crippen molar-refractivity contribution in [3.8, 4) is 0 Å². The monoisotopic (exact) mass is 141 g/mol. The zero-order valence-corrected chi connectivity index (χ0v) is 6.76. The van der Waals surface area contributed by atoms with Gasteiger partial charge in [0.15, 0.2) is 0 Å². The van der Waals surface area contributed by atoms with Crippen LogP contribution in [0.5, 0.6) is 0 Å². The molecule has 0 saturated carbocycles. The second-order valence-electron chi connectivity index (χ2n) is 3.10. The van der Waals surface area contributed by atoms with E-state index in [0.717, 1.165) is 0 Å². The summed E-state index contributed by atoms with van der Waals surface area (Å²) in [6, 6.07) is 0. The van der Waals surface area contributed by atoms with Gasteiger partial charge in [-0.25, -0.2) is 0 Å². The van der Waals surface area contributed by atoms with Gasteiger partial charge in [-0.2, -0.15) is 0 Å². The lowest BCUT2D eigenvalue weighted by Crippen LogP contribution is -2.12. The molecule has 0 rings (SSSR count). The fraction of sp³-hybridized carbons (Fsp3) is 0.571. The van der Waals surface area contributed by atoms with Gasteiger partial charge in [-0.15, -0.1) is 0 Å². The van der Waals surface area contributed by atoms with E-state index in [2.05, 4.69) is 4.99 Å². The molecular formula is C7H15N3. The molecular weight excluding hydrogens is 126 g/mol. The maximum absolute atomic E-state index is 5.37. The third-order valence-corrected chi connectivity index (χ3v) is 0.793. The van der Waals surface area contributed by atoms with Crippen LogP contribution in [0.4, 0.5) is 0 Å². The Morgan fingerprint density at radius 3 is 2.20 bits per heavy atom. The molecule has 0 aliphatic rings. The van der Waals surface area contributed by atoms with E-state index in [1.807, 2.05) is 20.8 Å². The molecule has 4 N–H and O–H groups in total. The predicted molar refractivity (Wildman–Crippen MR) is 44.7 cm³/mol. The highest BCUT2D eigenvalue weighted by Crippen LogP contribution is 2.04.